The molecule has 10 heteroatoms. The van der Waals surface area contributed by atoms with Crippen molar-refractivity contribution in [1.29, 1.82) is 0 Å². The Balaban J connectivity index is 1.71. The topological polar surface area (TPSA) is 105 Å². The molecule has 2 N–H and O–H groups in total. The fourth-order valence-corrected chi connectivity index (χ4v) is 5.15. The van der Waals surface area contributed by atoms with Gasteiger partial charge in [-0.15, -0.1) is 11.3 Å². The van der Waals surface area contributed by atoms with Crippen molar-refractivity contribution in [2.45, 2.75) is 10.6 Å². The molecule has 2 aromatic carbocycles. The zero-order valence-corrected chi connectivity index (χ0v) is 15.8. The van der Waals surface area contributed by atoms with Crippen LogP contribution in [-0.4, -0.2) is 21.8 Å². The zero-order chi connectivity index (χ0) is 18.6. The Labute approximate surface area is 155 Å². The third-order valence-electron chi connectivity index (χ3n) is 3.29. The number of hydrogen-bond acceptors (Lipinski definition) is 6. The molecule has 3 aromatic rings. The normalized spacial score (nSPS) is 11.8. The lowest BCUT2D eigenvalue weighted by molar-refractivity contribution is 0.599. The van der Waals surface area contributed by atoms with Gasteiger partial charge in [-0.1, -0.05) is 30.3 Å². The first-order chi connectivity index (χ1) is 12.3. The van der Waals surface area contributed by atoms with E-state index in [-0.39, 0.29) is 21.5 Å². The molecule has 0 atom stereocenters. The SMILES string of the molecule is O=S(=O)(Cc1ccccc1)Nc1ccc(S(=O)(=O)Nc2nccs2)cc1. The maximum absolute atomic E-state index is 12.3. The molecule has 7 nitrogen and oxygen atoms in total. The summed E-state index contributed by atoms with van der Waals surface area (Å²) in [5.74, 6) is -0.167. The van der Waals surface area contributed by atoms with Gasteiger partial charge in [0.1, 0.15) is 0 Å². The van der Waals surface area contributed by atoms with Gasteiger partial charge in [0.2, 0.25) is 10.0 Å². The van der Waals surface area contributed by atoms with E-state index in [2.05, 4.69) is 14.4 Å². The van der Waals surface area contributed by atoms with Gasteiger partial charge >= 0.3 is 0 Å². The number of benzene rings is 2. The van der Waals surface area contributed by atoms with Gasteiger partial charge in [-0.3, -0.25) is 9.44 Å². The molecule has 0 aliphatic rings. The fraction of sp³-hybridized carbons (Fsp3) is 0.0625. The van der Waals surface area contributed by atoms with Crippen LogP contribution >= 0.6 is 11.3 Å². The van der Waals surface area contributed by atoms with Crippen LogP contribution in [0.25, 0.3) is 0 Å². The van der Waals surface area contributed by atoms with Crippen LogP contribution in [0.2, 0.25) is 0 Å². The lowest BCUT2D eigenvalue weighted by atomic mass is 10.2. The summed E-state index contributed by atoms with van der Waals surface area (Å²) in [6, 6.07) is 14.2. The van der Waals surface area contributed by atoms with E-state index in [0.717, 1.165) is 11.3 Å². The number of nitrogens with zero attached hydrogens (tertiary/aromatic N) is 1. The highest BCUT2D eigenvalue weighted by Crippen LogP contribution is 2.20. The average Bonchev–Trinajstić information content (AvgIpc) is 3.07. The van der Waals surface area contributed by atoms with Crippen LogP contribution in [0.3, 0.4) is 0 Å². The summed E-state index contributed by atoms with van der Waals surface area (Å²) >= 11 is 1.16. The van der Waals surface area contributed by atoms with Gasteiger partial charge in [0.25, 0.3) is 10.0 Å². The van der Waals surface area contributed by atoms with E-state index >= 15 is 0 Å². The van der Waals surface area contributed by atoms with Crippen molar-refractivity contribution in [3.8, 4) is 0 Å². The Kier molecular flexibility index (Phi) is 5.25. The average molecular weight is 410 g/mol. The smallest absolute Gasteiger partial charge is 0.263 e. The highest BCUT2D eigenvalue weighted by atomic mass is 32.2. The summed E-state index contributed by atoms with van der Waals surface area (Å²) in [6.07, 6.45) is 1.49. The predicted molar refractivity (Wildman–Crippen MR) is 102 cm³/mol. The van der Waals surface area contributed by atoms with Gasteiger partial charge in [-0.05, 0) is 29.8 Å². The molecule has 0 amide bonds. The first kappa shape index (κ1) is 18.4. The van der Waals surface area contributed by atoms with E-state index in [4.69, 9.17) is 0 Å². The minimum Gasteiger partial charge on any atom is -0.283 e. The molecule has 1 aromatic heterocycles. The predicted octanol–water partition coefficient (Wildman–Crippen LogP) is 2.89. The van der Waals surface area contributed by atoms with E-state index in [9.17, 15) is 16.8 Å². The first-order valence-electron chi connectivity index (χ1n) is 7.41. The third-order valence-corrected chi connectivity index (χ3v) is 6.72. The number of thiazole rings is 1. The van der Waals surface area contributed by atoms with Crippen LogP contribution in [0.4, 0.5) is 10.8 Å². The molecule has 136 valence electrons. The maximum Gasteiger partial charge on any atom is 0.263 e. The van der Waals surface area contributed by atoms with Crippen molar-refractivity contribution >= 4 is 42.2 Å². The van der Waals surface area contributed by atoms with E-state index < -0.39 is 20.0 Å². The molecule has 0 saturated heterocycles. The number of hydrogen-bond donors (Lipinski definition) is 2. The molecular formula is C16H15N3O4S3. The number of anilines is 2. The van der Waals surface area contributed by atoms with Crippen molar-refractivity contribution < 1.29 is 16.8 Å². The molecule has 0 saturated carbocycles. The maximum atomic E-state index is 12.3. The van der Waals surface area contributed by atoms with Gasteiger partial charge < -0.3 is 0 Å². The standard InChI is InChI=1S/C16H15N3O4S3/c20-25(21,12-13-4-2-1-3-5-13)18-14-6-8-15(9-7-14)26(22,23)19-16-17-10-11-24-16/h1-11,18H,12H2,(H,17,19). The fourth-order valence-electron chi connectivity index (χ4n) is 2.16. The van der Waals surface area contributed by atoms with E-state index in [1.54, 1.807) is 29.6 Å². The van der Waals surface area contributed by atoms with Crippen molar-refractivity contribution in [3.63, 3.8) is 0 Å². The molecule has 0 fully saturated rings. The molecule has 0 aliphatic carbocycles. The van der Waals surface area contributed by atoms with E-state index in [0.29, 0.717) is 5.56 Å². The molecule has 3 rings (SSSR count). The van der Waals surface area contributed by atoms with Crippen LogP contribution in [0.1, 0.15) is 5.56 Å². The Morgan fingerprint density at radius 2 is 1.58 bits per heavy atom. The Hall–Kier alpha value is -2.43. The Bertz CT molecular complexity index is 1060. The van der Waals surface area contributed by atoms with Gasteiger partial charge in [0.15, 0.2) is 5.13 Å². The van der Waals surface area contributed by atoms with Crippen LogP contribution in [0.15, 0.2) is 71.1 Å². The third kappa shape index (κ3) is 4.81. The second kappa shape index (κ2) is 7.44. The Morgan fingerprint density at radius 1 is 0.885 bits per heavy atom. The molecule has 0 unspecified atom stereocenters. The van der Waals surface area contributed by atoms with Crippen LogP contribution < -0.4 is 9.44 Å². The van der Waals surface area contributed by atoms with Gasteiger partial charge in [-0.25, -0.2) is 21.8 Å². The van der Waals surface area contributed by atoms with Crippen molar-refractivity contribution in [3.05, 3.63) is 71.7 Å². The van der Waals surface area contributed by atoms with Crippen molar-refractivity contribution in [1.82, 2.24) is 4.98 Å². The van der Waals surface area contributed by atoms with Crippen molar-refractivity contribution in [2.75, 3.05) is 9.44 Å². The second-order valence-electron chi connectivity index (χ2n) is 5.31. The summed E-state index contributed by atoms with van der Waals surface area (Å²) < 4.78 is 53.7. The molecular weight excluding hydrogens is 394 g/mol. The first-order valence-corrected chi connectivity index (χ1v) is 11.4. The van der Waals surface area contributed by atoms with Crippen LogP contribution in [0.5, 0.6) is 0 Å². The van der Waals surface area contributed by atoms with Crippen LogP contribution in [0, 0.1) is 0 Å². The number of nitrogens with one attached hydrogen (secondary N) is 2. The largest absolute Gasteiger partial charge is 0.283 e. The van der Waals surface area contributed by atoms with Crippen molar-refractivity contribution in [2.24, 2.45) is 0 Å². The quantitative estimate of drug-likeness (QED) is 0.624. The molecule has 0 aliphatic heterocycles. The molecule has 0 bridgehead atoms. The van der Waals surface area contributed by atoms with Gasteiger partial charge in [-0.2, -0.15) is 0 Å². The van der Waals surface area contributed by atoms with E-state index in [1.165, 1.54) is 30.5 Å². The minimum absolute atomic E-state index is 0.0127. The number of aromatic nitrogens is 1. The summed E-state index contributed by atoms with van der Waals surface area (Å²) in [5, 5.41) is 1.92. The number of rotatable bonds is 7. The van der Waals surface area contributed by atoms with E-state index in [1.807, 2.05) is 6.07 Å². The summed E-state index contributed by atoms with van der Waals surface area (Å²) in [6.45, 7) is 0. The monoisotopic (exact) mass is 409 g/mol. The molecule has 0 spiro atoms. The summed E-state index contributed by atoms with van der Waals surface area (Å²) in [4.78, 5) is 3.88. The number of sulfonamides is 2. The zero-order valence-electron chi connectivity index (χ0n) is 13.4. The lowest BCUT2D eigenvalue weighted by Crippen LogP contribution is -2.15. The second-order valence-corrected chi connectivity index (χ2v) is 9.61. The van der Waals surface area contributed by atoms with Crippen LogP contribution in [-0.2, 0) is 25.8 Å². The highest BCUT2D eigenvalue weighted by Gasteiger charge is 2.16. The molecule has 0 radical (unpaired) electrons. The molecule has 1 heterocycles. The lowest BCUT2D eigenvalue weighted by Gasteiger charge is -2.09. The molecule has 26 heavy (non-hydrogen) atoms. The summed E-state index contributed by atoms with van der Waals surface area (Å²) in [7, 11) is -7.37. The van der Waals surface area contributed by atoms with Gasteiger partial charge in [0, 0.05) is 17.3 Å². The highest BCUT2D eigenvalue weighted by molar-refractivity contribution is 7.93. The van der Waals surface area contributed by atoms with Gasteiger partial charge in [0.05, 0.1) is 10.6 Å². The Morgan fingerprint density at radius 3 is 2.19 bits per heavy atom. The minimum atomic E-state index is -3.77. The summed E-state index contributed by atoms with van der Waals surface area (Å²) in [5.41, 5.74) is 0.945.